The number of nitrogens with two attached hydrogens (primary N) is 1. The van der Waals surface area contributed by atoms with Crippen LogP contribution in [0.5, 0.6) is 0 Å². The van der Waals surface area contributed by atoms with Gasteiger partial charge in [-0.3, -0.25) is 0 Å². The van der Waals surface area contributed by atoms with Crippen LogP contribution in [0.1, 0.15) is 12.8 Å². The van der Waals surface area contributed by atoms with Gasteiger partial charge in [-0.15, -0.1) is 10.2 Å². The number of nitrogens with zero attached hydrogens (tertiary/aromatic N) is 3. The molecular weight excluding hydrogens is 306 g/mol. The maximum absolute atomic E-state index is 5.93. The smallest absolute Gasteiger partial charge is 0.173 e. The fourth-order valence-electron chi connectivity index (χ4n) is 1.99. The van der Waals surface area contributed by atoms with Crippen molar-refractivity contribution < 1.29 is 0 Å². The van der Waals surface area contributed by atoms with E-state index in [-0.39, 0.29) is 5.15 Å². The maximum atomic E-state index is 5.93. The summed E-state index contributed by atoms with van der Waals surface area (Å²) in [5.41, 5.74) is 6.44. The maximum Gasteiger partial charge on any atom is 0.173 e. The second-order valence-corrected chi connectivity index (χ2v) is 5.46. The summed E-state index contributed by atoms with van der Waals surface area (Å²) in [6.07, 6.45) is 2.29. The lowest BCUT2D eigenvalue weighted by atomic mass is 10.1. The first-order chi connectivity index (χ1) is 8.08. The molecule has 2 rings (SSSR count). The molecule has 1 aromatic heterocycles. The number of piperidine rings is 1. The molecule has 0 spiro atoms. The SMILES string of the molecule is CN1CCC[C@@H](Nc2nnc(Cl)c(Br)c2N)C1. The summed E-state index contributed by atoms with van der Waals surface area (Å²) in [6, 6.07) is 0.360. The van der Waals surface area contributed by atoms with Crippen molar-refractivity contribution in [2.75, 3.05) is 31.2 Å². The third kappa shape index (κ3) is 3.00. The van der Waals surface area contributed by atoms with Crippen molar-refractivity contribution in [2.45, 2.75) is 18.9 Å². The molecule has 1 atom stereocenters. The van der Waals surface area contributed by atoms with E-state index >= 15 is 0 Å². The number of anilines is 2. The first-order valence-electron chi connectivity index (χ1n) is 5.50. The van der Waals surface area contributed by atoms with Crippen LogP contribution in [-0.2, 0) is 0 Å². The lowest BCUT2D eigenvalue weighted by molar-refractivity contribution is 0.260. The molecule has 1 aliphatic rings. The van der Waals surface area contributed by atoms with E-state index < -0.39 is 0 Å². The van der Waals surface area contributed by atoms with E-state index in [1.165, 1.54) is 6.42 Å². The average molecular weight is 321 g/mol. The van der Waals surface area contributed by atoms with Crippen LogP contribution in [0.4, 0.5) is 11.5 Å². The third-order valence-corrected chi connectivity index (χ3v) is 4.17. The highest BCUT2D eigenvalue weighted by Crippen LogP contribution is 2.31. The van der Waals surface area contributed by atoms with Gasteiger partial charge in [0.15, 0.2) is 11.0 Å². The lowest BCUT2D eigenvalue weighted by Crippen LogP contribution is -2.40. The predicted molar refractivity (Wildman–Crippen MR) is 73.3 cm³/mol. The molecule has 0 aliphatic carbocycles. The van der Waals surface area contributed by atoms with Gasteiger partial charge in [0, 0.05) is 12.6 Å². The third-order valence-electron chi connectivity index (χ3n) is 2.88. The second-order valence-electron chi connectivity index (χ2n) is 4.31. The largest absolute Gasteiger partial charge is 0.395 e. The second kappa shape index (κ2) is 5.37. The Hall–Kier alpha value is -0.590. The first kappa shape index (κ1) is 12.9. The molecule has 3 N–H and O–H groups in total. The van der Waals surface area contributed by atoms with Gasteiger partial charge in [0.2, 0.25) is 0 Å². The van der Waals surface area contributed by atoms with Crippen molar-refractivity contribution in [3.63, 3.8) is 0 Å². The number of aromatic nitrogens is 2. The Kier molecular flexibility index (Phi) is 4.06. The van der Waals surface area contributed by atoms with Crippen LogP contribution in [0.3, 0.4) is 0 Å². The van der Waals surface area contributed by atoms with Crippen molar-refractivity contribution in [2.24, 2.45) is 0 Å². The number of rotatable bonds is 2. The summed E-state index contributed by atoms with van der Waals surface area (Å²) in [6.45, 7) is 2.13. The van der Waals surface area contributed by atoms with Gasteiger partial charge < -0.3 is 16.0 Å². The topological polar surface area (TPSA) is 67.1 Å². The normalized spacial score (nSPS) is 21.5. The number of halogens is 2. The van der Waals surface area contributed by atoms with Crippen LogP contribution in [0.25, 0.3) is 0 Å². The number of nitrogens with one attached hydrogen (secondary N) is 1. The number of nitrogen functional groups attached to an aromatic ring is 1. The van der Waals surface area contributed by atoms with E-state index in [1.54, 1.807) is 0 Å². The minimum atomic E-state index is 0.286. The average Bonchev–Trinajstić information content (AvgIpc) is 2.30. The molecule has 17 heavy (non-hydrogen) atoms. The molecular formula is C10H15BrClN5. The van der Waals surface area contributed by atoms with E-state index in [2.05, 4.69) is 43.4 Å². The van der Waals surface area contributed by atoms with Gasteiger partial charge in [0.1, 0.15) is 0 Å². The zero-order valence-corrected chi connectivity index (χ0v) is 11.9. The standard InChI is InChI=1S/C10H15BrClN5/c1-17-4-2-3-6(5-17)14-10-8(13)7(11)9(12)15-16-10/h6H,2-5H2,1H3,(H2,13,15)(H,14,16)/t6-/m1/s1. The molecule has 5 nitrogen and oxygen atoms in total. The van der Waals surface area contributed by atoms with Crippen LogP contribution in [-0.4, -0.2) is 41.3 Å². The quantitative estimate of drug-likeness (QED) is 0.872. The molecule has 0 aromatic carbocycles. The molecule has 0 radical (unpaired) electrons. The highest BCUT2D eigenvalue weighted by molar-refractivity contribution is 9.10. The van der Waals surface area contributed by atoms with Gasteiger partial charge in [0.25, 0.3) is 0 Å². The summed E-state index contributed by atoms with van der Waals surface area (Å²) >= 11 is 9.11. The van der Waals surface area contributed by atoms with Gasteiger partial charge in [-0.05, 0) is 42.4 Å². The van der Waals surface area contributed by atoms with Gasteiger partial charge >= 0.3 is 0 Å². The molecule has 2 heterocycles. The van der Waals surface area contributed by atoms with Crippen molar-refractivity contribution in [1.29, 1.82) is 0 Å². The minimum Gasteiger partial charge on any atom is -0.395 e. The Bertz CT molecular complexity index is 414. The molecule has 0 bridgehead atoms. The fourth-order valence-corrected chi connectivity index (χ4v) is 2.40. The van der Waals surface area contributed by atoms with E-state index in [4.69, 9.17) is 17.3 Å². The zero-order chi connectivity index (χ0) is 12.4. The molecule has 1 saturated heterocycles. The number of likely N-dealkylation sites (tertiary alicyclic amines) is 1. The number of hydrogen-bond acceptors (Lipinski definition) is 5. The van der Waals surface area contributed by atoms with Crippen molar-refractivity contribution >= 4 is 39.0 Å². The molecule has 1 aliphatic heterocycles. The Morgan fingerprint density at radius 1 is 1.53 bits per heavy atom. The summed E-state index contributed by atoms with van der Waals surface area (Å²) in [5, 5.41) is 11.4. The summed E-state index contributed by atoms with van der Waals surface area (Å²) in [4.78, 5) is 2.29. The Morgan fingerprint density at radius 2 is 2.29 bits per heavy atom. The van der Waals surface area contributed by atoms with Crippen LogP contribution >= 0.6 is 27.5 Å². The monoisotopic (exact) mass is 319 g/mol. The van der Waals surface area contributed by atoms with Crippen LogP contribution < -0.4 is 11.1 Å². The van der Waals surface area contributed by atoms with Gasteiger partial charge in [-0.25, -0.2) is 0 Å². The molecule has 0 amide bonds. The highest BCUT2D eigenvalue weighted by atomic mass is 79.9. The van der Waals surface area contributed by atoms with Crippen LogP contribution in [0.15, 0.2) is 4.47 Å². The van der Waals surface area contributed by atoms with Crippen molar-refractivity contribution in [1.82, 2.24) is 15.1 Å². The zero-order valence-electron chi connectivity index (χ0n) is 9.58. The van der Waals surface area contributed by atoms with Gasteiger partial charge in [-0.1, -0.05) is 11.6 Å². The summed E-state index contributed by atoms with van der Waals surface area (Å²) < 4.78 is 0.598. The van der Waals surface area contributed by atoms with Gasteiger partial charge in [0.05, 0.1) is 10.2 Å². The lowest BCUT2D eigenvalue weighted by Gasteiger charge is -2.30. The van der Waals surface area contributed by atoms with E-state index in [0.29, 0.717) is 22.0 Å². The van der Waals surface area contributed by atoms with Crippen LogP contribution in [0, 0.1) is 0 Å². The van der Waals surface area contributed by atoms with E-state index in [9.17, 15) is 0 Å². The minimum absolute atomic E-state index is 0.286. The van der Waals surface area contributed by atoms with Crippen LogP contribution in [0.2, 0.25) is 5.15 Å². The van der Waals surface area contributed by atoms with E-state index in [1.807, 2.05) is 0 Å². The highest BCUT2D eigenvalue weighted by Gasteiger charge is 2.19. The molecule has 94 valence electrons. The molecule has 1 aromatic rings. The molecule has 0 unspecified atom stereocenters. The Labute approximate surface area is 114 Å². The van der Waals surface area contributed by atoms with Crippen molar-refractivity contribution in [3.05, 3.63) is 9.63 Å². The first-order valence-corrected chi connectivity index (χ1v) is 6.67. The molecule has 7 heteroatoms. The number of hydrogen-bond donors (Lipinski definition) is 2. The predicted octanol–water partition coefficient (Wildman–Crippen LogP) is 1.98. The van der Waals surface area contributed by atoms with Gasteiger partial charge in [-0.2, -0.15) is 0 Å². The summed E-state index contributed by atoms with van der Waals surface area (Å²) in [7, 11) is 2.11. The Morgan fingerprint density at radius 3 is 3.00 bits per heavy atom. The van der Waals surface area contributed by atoms with E-state index in [0.717, 1.165) is 19.5 Å². The fraction of sp³-hybridized carbons (Fsp3) is 0.600. The molecule has 0 saturated carbocycles. The Balaban J connectivity index is 2.10. The van der Waals surface area contributed by atoms with Crippen molar-refractivity contribution in [3.8, 4) is 0 Å². The summed E-state index contributed by atoms with van der Waals surface area (Å²) in [5.74, 6) is 0.599. The molecule has 1 fully saturated rings. The number of likely N-dealkylation sites (N-methyl/N-ethyl adjacent to an activating group) is 1.